The van der Waals surface area contributed by atoms with Crippen molar-refractivity contribution in [3.05, 3.63) is 30.1 Å². The van der Waals surface area contributed by atoms with Gasteiger partial charge >= 0.3 is 5.97 Å². The van der Waals surface area contributed by atoms with Crippen LogP contribution in [0.5, 0.6) is 0 Å². The van der Waals surface area contributed by atoms with Crippen LogP contribution in [0.4, 0.5) is 0 Å². The number of hydrogen-bond acceptors (Lipinski definition) is 4. The number of nitrogens with one attached hydrogen (secondary N) is 1. The third kappa shape index (κ3) is 6.24. The quantitative estimate of drug-likeness (QED) is 0.752. The van der Waals surface area contributed by atoms with Gasteiger partial charge in [0.2, 0.25) is 5.91 Å². The van der Waals surface area contributed by atoms with E-state index in [0.29, 0.717) is 18.6 Å². The molecule has 0 saturated carbocycles. The zero-order valence-electron chi connectivity index (χ0n) is 10.8. The number of pyridine rings is 1. The Labute approximate surface area is 116 Å². The number of carboxylic acids is 1. The highest BCUT2D eigenvalue weighted by molar-refractivity contribution is 7.98. The van der Waals surface area contributed by atoms with Gasteiger partial charge in [-0.15, -0.1) is 0 Å². The van der Waals surface area contributed by atoms with Crippen LogP contribution >= 0.6 is 11.8 Å². The van der Waals surface area contributed by atoms with E-state index < -0.39 is 12.0 Å². The van der Waals surface area contributed by atoms with Crippen molar-refractivity contribution >= 4 is 23.6 Å². The molecular weight excluding hydrogens is 264 g/mol. The molecule has 2 N–H and O–H groups in total. The van der Waals surface area contributed by atoms with Crippen molar-refractivity contribution in [2.75, 3.05) is 12.0 Å². The molecular formula is C13H18N2O3S. The largest absolute Gasteiger partial charge is 0.480 e. The van der Waals surface area contributed by atoms with E-state index in [-0.39, 0.29) is 12.3 Å². The van der Waals surface area contributed by atoms with E-state index in [4.69, 9.17) is 5.11 Å². The van der Waals surface area contributed by atoms with Gasteiger partial charge in [-0.3, -0.25) is 9.78 Å². The lowest BCUT2D eigenvalue weighted by molar-refractivity contribution is -0.141. The van der Waals surface area contributed by atoms with Crippen LogP contribution in [0.1, 0.15) is 18.4 Å². The maximum Gasteiger partial charge on any atom is 0.326 e. The van der Waals surface area contributed by atoms with E-state index in [2.05, 4.69) is 10.3 Å². The highest BCUT2D eigenvalue weighted by atomic mass is 32.2. The average molecular weight is 282 g/mol. The van der Waals surface area contributed by atoms with E-state index in [1.807, 2.05) is 18.4 Å². The number of aliphatic carboxylic acids is 1. The van der Waals surface area contributed by atoms with Crippen molar-refractivity contribution in [2.24, 2.45) is 0 Å². The van der Waals surface area contributed by atoms with Crippen molar-refractivity contribution in [3.8, 4) is 0 Å². The normalized spacial score (nSPS) is 11.8. The molecule has 1 aromatic rings. The zero-order valence-corrected chi connectivity index (χ0v) is 11.7. The lowest BCUT2D eigenvalue weighted by Crippen LogP contribution is -2.41. The smallest absolute Gasteiger partial charge is 0.326 e. The molecule has 0 spiro atoms. The molecule has 0 fully saturated rings. The topological polar surface area (TPSA) is 79.3 Å². The Morgan fingerprint density at radius 1 is 1.53 bits per heavy atom. The summed E-state index contributed by atoms with van der Waals surface area (Å²) in [5, 5.41) is 11.5. The van der Waals surface area contributed by atoms with Gasteiger partial charge in [-0.1, -0.05) is 6.07 Å². The standard InChI is InChI=1S/C13H18N2O3S/c1-19-8-6-11(13(17)18)15-12(16)5-4-10-3-2-7-14-9-10/h2-3,7,9,11H,4-6,8H2,1H3,(H,15,16)(H,17,18). The molecule has 1 amide bonds. The second-order valence-corrected chi connectivity index (χ2v) is 5.09. The number of amides is 1. The number of hydrogen-bond donors (Lipinski definition) is 2. The minimum Gasteiger partial charge on any atom is -0.480 e. The Bertz CT molecular complexity index is 412. The fourth-order valence-corrected chi connectivity index (χ4v) is 2.03. The predicted molar refractivity (Wildman–Crippen MR) is 75.1 cm³/mol. The van der Waals surface area contributed by atoms with Crippen molar-refractivity contribution in [3.63, 3.8) is 0 Å². The predicted octanol–water partition coefficient (Wildman–Crippen LogP) is 1.34. The van der Waals surface area contributed by atoms with Crippen LogP contribution in [0.3, 0.4) is 0 Å². The number of rotatable bonds is 8. The molecule has 1 unspecified atom stereocenters. The summed E-state index contributed by atoms with van der Waals surface area (Å²) in [7, 11) is 0. The molecule has 104 valence electrons. The number of aryl methyl sites for hydroxylation is 1. The Morgan fingerprint density at radius 3 is 2.89 bits per heavy atom. The maximum atomic E-state index is 11.7. The Kier molecular flexibility index (Phi) is 6.95. The van der Waals surface area contributed by atoms with Crippen molar-refractivity contribution in [1.29, 1.82) is 0 Å². The molecule has 6 heteroatoms. The summed E-state index contributed by atoms with van der Waals surface area (Å²) < 4.78 is 0. The summed E-state index contributed by atoms with van der Waals surface area (Å²) in [5.74, 6) is -0.513. The second-order valence-electron chi connectivity index (χ2n) is 4.10. The monoisotopic (exact) mass is 282 g/mol. The van der Waals surface area contributed by atoms with Gasteiger partial charge < -0.3 is 10.4 Å². The fourth-order valence-electron chi connectivity index (χ4n) is 1.56. The first-order chi connectivity index (χ1) is 9.13. The highest BCUT2D eigenvalue weighted by Gasteiger charge is 2.18. The first-order valence-corrected chi connectivity index (χ1v) is 7.43. The third-order valence-corrected chi connectivity index (χ3v) is 3.25. The number of aromatic nitrogens is 1. The fraction of sp³-hybridized carbons (Fsp3) is 0.462. The summed E-state index contributed by atoms with van der Waals surface area (Å²) >= 11 is 1.56. The van der Waals surface area contributed by atoms with E-state index in [0.717, 1.165) is 5.56 Å². The molecule has 1 heterocycles. The molecule has 0 aliphatic carbocycles. The number of carbonyl (C=O) groups is 2. The van der Waals surface area contributed by atoms with E-state index in [1.54, 1.807) is 24.2 Å². The van der Waals surface area contributed by atoms with E-state index >= 15 is 0 Å². The number of carbonyl (C=O) groups excluding carboxylic acids is 1. The van der Waals surface area contributed by atoms with Gasteiger partial charge in [0.1, 0.15) is 6.04 Å². The van der Waals surface area contributed by atoms with Gasteiger partial charge in [-0.05, 0) is 36.5 Å². The molecule has 0 aliphatic rings. The Morgan fingerprint density at radius 2 is 2.32 bits per heavy atom. The van der Waals surface area contributed by atoms with Crippen LogP contribution in [-0.2, 0) is 16.0 Å². The minimum absolute atomic E-state index is 0.239. The Balaban J connectivity index is 2.38. The Hall–Kier alpha value is -1.56. The van der Waals surface area contributed by atoms with E-state index in [9.17, 15) is 9.59 Å². The zero-order chi connectivity index (χ0) is 14.1. The highest BCUT2D eigenvalue weighted by Crippen LogP contribution is 2.03. The second kappa shape index (κ2) is 8.53. The van der Waals surface area contributed by atoms with Crippen LogP contribution in [0.2, 0.25) is 0 Å². The van der Waals surface area contributed by atoms with Crippen LogP contribution < -0.4 is 5.32 Å². The summed E-state index contributed by atoms with van der Waals surface area (Å²) in [5.41, 5.74) is 0.966. The molecule has 0 aliphatic heterocycles. The molecule has 1 atom stereocenters. The van der Waals surface area contributed by atoms with Crippen LogP contribution in [-0.4, -0.2) is 40.0 Å². The molecule has 5 nitrogen and oxygen atoms in total. The van der Waals surface area contributed by atoms with Crippen LogP contribution in [0, 0.1) is 0 Å². The first-order valence-electron chi connectivity index (χ1n) is 6.03. The van der Waals surface area contributed by atoms with Crippen molar-refractivity contribution < 1.29 is 14.7 Å². The number of thioether (sulfide) groups is 1. The lowest BCUT2D eigenvalue weighted by atomic mass is 10.1. The lowest BCUT2D eigenvalue weighted by Gasteiger charge is -2.13. The first kappa shape index (κ1) is 15.5. The van der Waals surface area contributed by atoms with E-state index in [1.165, 1.54) is 0 Å². The van der Waals surface area contributed by atoms with Gasteiger partial charge in [0, 0.05) is 18.8 Å². The molecule has 0 aromatic carbocycles. The number of nitrogens with zero attached hydrogens (tertiary/aromatic N) is 1. The molecule has 0 radical (unpaired) electrons. The van der Waals surface area contributed by atoms with Gasteiger partial charge in [-0.2, -0.15) is 11.8 Å². The number of carboxylic acid groups (broad SMARTS) is 1. The summed E-state index contributed by atoms with van der Waals surface area (Å²) in [6.07, 6.45) is 6.56. The molecule has 0 bridgehead atoms. The minimum atomic E-state index is -0.983. The molecule has 1 aromatic heterocycles. The van der Waals surface area contributed by atoms with Crippen molar-refractivity contribution in [2.45, 2.75) is 25.3 Å². The third-order valence-electron chi connectivity index (χ3n) is 2.61. The molecule has 1 rings (SSSR count). The van der Waals surface area contributed by atoms with Crippen LogP contribution in [0.25, 0.3) is 0 Å². The SMILES string of the molecule is CSCCC(NC(=O)CCc1cccnc1)C(=O)O. The molecule has 0 saturated heterocycles. The summed E-state index contributed by atoms with van der Waals surface area (Å²) in [6, 6.07) is 2.91. The maximum absolute atomic E-state index is 11.7. The van der Waals surface area contributed by atoms with Gasteiger partial charge in [0.05, 0.1) is 0 Å². The van der Waals surface area contributed by atoms with Crippen molar-refractivity contribution in [1.82, 2.24) is 10.3 Å². The average Bonchev–Trinajstić information content (AvgIpc) is 2.42. The summed E-state index contributed by atoms with van der Waals surface area (Å²) in [6.45, 7) is 0. The van der Waals surface area contributed by atoms with Crippen LogP contribution in [0.15, 0.2) is 24.5 Å². The van der Waals surface area contributed by atoms with Gasteiger partial charge in [-0.25, -0.2) is 4.79 Å². The molecule has 19 heavy (non-hydrogen) atoms. The van der Waals surface area contributed by atoms with Gasteiger partial charge in [0.15, 0.2) is 0 Å². The van der Waals surface area contributed by atoms with Gasteiger partial charge in [0.25, 0.3) is 0 Å². The summed E-state index contributed by atoms with van der Waals surface area (Å²) in [4.78, 5) is 26.6.